The zero-order chi connectivity index (χ0) is 29.4. The number of carbonyl (C=O) groups excluding carboxylic acids is 2. The Morgan fingerprint density at radius 1 is 1.05 bits per heavy atom. The van der Waals surface area contributed by atoms with Crippen molar-refractivity contribution in [2.24, 2.45) is 33.0 Å². The standard InChI is InChI=1S/C34H49N3O4/c1-22-23-7-8-26-32(4,24(23)19-25(38)28(22)39)12-14-34(6)27-20-30(2,9-10-31(27,3)11-13-33(26,34)5)21-36-29(40)41-37-17-15-35-16-18-37/h7-8,19,27,35,39H,9-18,20-21H2,1-6H3,(H,36,40)/t27-,30-,31-,32+,33-,34+/m1/s1. The van der Waals surface area contributed by atoms with Gasteiger partial charge in [0, 0.05) is 43.7 Å². The molecule has 0 aromatic heterocycles. The molecule has 6 rings (SSSR count). The first-order valence-corrected chi connectivity index (χ1v) is 15.8. The second-order valence-electron chi connectivity index (χ2n) is 15.3. The number of hydrogen-bond donors (Lipinski definition) is 3. The van der Waals surface area contributed by atoms with Crippen LogP contribution in [0.5, 0.6) is 0 Å². The van der Waals surface area contributed by atoms with Crippen LogP contribution in [-0.4, -0.2) is 54.8 Å². The van der Waals surface area contributed by atoms with E-state index in [2.05, 4.69) is 57.4 Å². The van der Waals surface area contributed by atoms with Crippen LogP contribution < -0.4 is 10.6 Å². The lowest BCUT2D eigenvalue weighted by atomic mass is 9.34. The Labute approximate surface area is 245 Å². The Bertz CT molecular complexity index is 1290. The first-order chi connectivity index (χ1) is 19.2. The number of allylic oxidation sites excluding steroid dienone is 7. The topological polar surface area (TPSA) is 90.9 Å². The molecule has 3 N–H and O–H groups in total. The normalized spacial score (nSPS) is 42.5. The zero-order valence-corrected chi connectivity index (χ0v) is 25.9. The molecule has 0 aromatic carbocycles. The van der Waals surface area contributed by atoms with Crippen LogP contribution in [0.4, 0.5) is 4.79 Å². The summed E-state index contributed by atoms with van der Waals surface area (Å²) in [7, 11) is 0. The Morgan fingerprint density at radius 3 is 2.49 bits per heavy atom. The molecule has 1 saturated heterocycles. The Hall–Kier alpha value is -2.38. The molecule has 1 heterocycles. The average molecular weight is 564 g/mol. The van der Waals surface area contributed by atoms with Crippen molar-refractivity contribution < 1.29 is 19.5 Å². The molecular formula is C34H49N3O4. The first kappa shape index (κ1) is 28.7. The van der Waals surface area contributed by atoms with Crippen LogP contribution in [-0.2, 0) is 9.63 Å². The lowest BCUT2D eigenvalue weighted by molar-refractivity contribution is -0.161. The molecule has 0 spiro atoms. The summed E-state index contributed by atoms with van der Waals surface area (Å²) in [4.78, 5) is 31.0. The lowest BCUT2D eigenvalue weighted by Gasteiger charge is -2.70. The fourth-order valence-corrected chi connectivity index (χ4v) is 9.86. The van der Waals surface area contributed by atoms with Crippen LogP contribution in [0, 0.1) is 33.0 Å². The van der Waals surface area contributed by atoms with Gasteiger partial charge in [-0.1, -0.05) is 52.3 Å². The quantitative estimate of drug-likeness (QED) is 0.381. The summed E-state index contributed by atoms with van der Waals surface area (Å²) in [6, 6.07) is 0. The van der Waals surface area contributed by atoms with Crippen LogP contribution in [0.1, 0.15) is 86.5 Å². The Kier molecular flexibility index (Phi) is 6.70. The molecule has 0 radical (unpaired) electrons. The molecule has 1 amide bonds. The van der Waals surface area contributed by atoms with Crippen LogP contribution in [0.25, 0.3) is 0 Å². The minimum atomic E-state index is -0.338. The van der Waals surface area contributed by atoms with E-state index < -0.39 is 0 Å². The summed E-state index contributed by atoms with van der Waals surface area (Å²) in [5.41, 5.74) is 4.46. The highest BCUT2D eigenvalue weighted by atomic mass is 16.7. The number of aliphatic hydroxyl groups is 1. The van der Waals surface area contributed by atoms with Crippen molar-refractivity contribution in [3.63, 3.8) is 0 Å². The molecule has 0 aromatic rings. The zero-order valence-electron chi connectivity index (χ0n) is 25.9. The maximum Gasteiger partial charge on any atom is 0.426 e. The third-order valence-electron chi connectivity index (χ3n) is 12.9. The van der Waals surface area contributed by atoms with Gasteiger partial charge in [-0.25, -0.2) is 4.79 Å². The maximum atomic E-state index is 12.7. The van der Waals surface area contributed by atoms with E-state index in [4.69, 9.17) is 4.84 Å². The van der Waals surface area contributed by atoms with Gasteiger partial charge >= 0.3 is 6.09 Å². The number of ketones is 1. The van der Waals surface area contributed by atoms with Crippen molar-refractivity contribution in [1.82, 2.24) is 15.7 Å². The van der Waals surface area contributed by atoms with Gasteiger partial charge in [0.2, 0.25) is 5.78 Å². The van der Waals surface area contributed by atoms with Crippen molar-refractivity contribution >= 4 is 11.9 Å². The molecular weight excluding hydrogens is 514 g/mol. The van der Waals surface area contributed by atoms with Gasteiger partial charge in [0.15, 0.2) is 5.76 Å². The molecule has 4 fully saturated rings. The number of aliphatic hydroxyl groups excluding tert-OH is 1. The second kappa shape index (κ2) is 9.57. The number of nitrogens with one attached hydrogen (secondary N) is 2. The highest BCUT2D eigenvalue weighted by Gasteiger charge is 2.66. The molecule has 41 heavy (non-hydrogen) atoms. The Balaban J connectivity index is 1.27. The monoisotopic (exact) mass is 563 g/mol. The molecule has 6 atom stereocenters. The molecule has 0 unspecified atom stereocenters. The van der Waals surface area contributed by atoms with Gasteiger partial charge in [0.1, 0.15) is 0 Å². The van der Waals surface area contributed by atoms with E-state index in [0.29, 0.717) is 18.0 Å². The maximum absolute atomic E-state index is 12.7. The minimum absolute atomic E-state index is 0.000111. The number of hydroxylamine groups is 2. The van der Waals surface area contributed by atoms with E-state index >= 15 is 0 Å². The van der Waals surface area contributed by atoms with Crippen LogP contribution in [0.3, 0.4) is 0 Å². The summed E-state index contributed by atoms with van der Waals surface area (Å²) in [6.07, 6.45) is 13.7. The lowest BCUT2D eigenvalue weighted by Crippen LogP contribution is -2.62. The molecule has 5 aliphatic carbocycles. The molecule has 6 aliphatic rings. The molecule has 7 heteroatoms. The van der Waals surface area contributed by atoms with Crippen molar-refractivity contribution in [2.45, 2.75) is 86.5 Å². The van der Waals surface area contributed by atoms with Crippen molar-refractivity contribution in [3.05, 3.63) is 46.3 Å². The Morgan fingerprint density at radius 2 is 1.76 bits per heavy atom. The van der Waals surface area contributed by atoms with E-state index in [0.717, 1.165) is 69.4 Å². The number of carbonyl (C=O) groups is 2. The van der Waals surface area contributed by atoms with Crippen molar-refractivity contribution in [1.29, 1.82) is 0 Å². The number of fused-ring (bicyclic) bond motifs is 7. The van der Waals surface area contributed by atoms with Crippen LogP contribution in [0.15, 0.2) is 46.3 Å². The van der Waals surface area contributed by atoms with E-state index in [1.54, 1.807) is 11.1 Å². The van der Waals surface area contributed by atoms with E-state index in [9.17, 15) is 14.7 Å². The third-order valence-corrected chi connectivity index (χ3v) is 12.9. The average Bonchev–Trinajstić information content (AvgIpc) is 2.94. The predicted octanol–water partition coefficient (Wildman–Crippen LogP) is 6.16. The number of hydrogen-bond acceptors (Lipinski definition) is 6. The fourth-order valence-electron chi connectivity index (χ4n) is 9.86. The largest absolute Gasteiger partial charge is 0.504 e. The molecule has 7 nitrogen and oxygen atoms in total. The van der Waals surface area contributed by atoms with Gasteiger partial charge in [0.25, 0.3) is 0 Å². The summed E-state index contributed by atoms with van der Waals surface area (Å²) < 4.78 is 0. The minimum Gasteiger partial charge on any atom is -0.504 e. The van der Waals surface area contributed by atoms with Crippen LogP contribution >= 0.6 is 0 Å². The highest BCUT2D eigenvalue weighted by molar-refractivity contribution is 6.06. The van der Waals surface area contributed by atoms with E-state index in [1.165, 1.54) is 18.4 Å². The van der Waals surface area contributed by atoms with Crippen molar-refractivity contribution in [3.8, 4) is 0 Å². The smallest absolute Gasteiger partial charge is 0.426 e. The molecule has 1 aliphatic heterocycles. The summed E-state index contributed by atoms with van der Waals surface area (Å²) in [6.45, 7) is 17.9. The van der Waals surface area contributed by atoms with Crippen molar-refractivity contribution in [2.75, 3.05) is 32.7 Å². The number of amides is 1. The first-order valence-electron chi connectivity index (χ1n) is 15.8. The van der Waals surface area contributed by atoms with E-state index in [-0.39, 0.29) is 44.7 Å². The fraction of sp³-hybridized carbons (Fsp3) is 0.706. The predicted molar refractivity (Wildman–Crippen MR) is 160 cm³/mol. The van der Waals surface area contributed by atoms with E-state index in [1.807, 2.05) is 6.92 Å². The number of piperazine rings is 1. The molecule has 224 valence electrons. The van der Waals surface area contributed by atoms with Gasteiger partial charge in [-0.05, 0) is 96.7 Å². The summed E-state index contributed by atoms with van der Waals surface area (Å²) >= 11 is 0. The third kappa shape index (κ3) is 4.28. The SMILES string of the molecule is CC1=C(O)C(=O)C=C2C1=CC=C1[C@@]2(C)CC[C@@]2(C)[C@@H]3C[C@](C)(CNC(=O)ON4CCNCC4)CC[C@]3(C)CC[C@]12C. The summed E-state index contributed by atoms with van der Waals surface area (Å²) in [5.74, 6) is 0.146. The highest BCUT2D eigenvalue weighted by Crippen LogP contribution is 2.75. The summed E-state index contributed by atoms with van der Waals surface area (Å²) in [5, 5.41) is 18.6. The van der Waals surface area contributed by atoms with Gasteiger partial charge in [-0.3, -0.25) is 4.79 Å². The van der Waals surface area contributed by atoms with Gasteiger partial charge in [-0.15, -0.1) is 5.06 Å². The van der Waals surface area contributed by atoms with Gasteiger partial charge in [-0.2, -0.15) is 0 Å². The van der Waals surface area contributed by atoms with Gasteiger partial charge in [0.05, 0.1) is 0 Å². The molecule has 3 saturated carbocycles. The van der Waals surface area contributed by atoms with Crippen LogP contribution in [0.2, 0.25) is 0 Å². The number of rotatable bonds is 3. The van der Waals surface area contributed by atoms with Gasteiger partial charge < -0.3 is 20.6 Å². The second-order valence-corrected chi connectivity index (χ2v) is 15.3. The number of nitrogens with zero attached hydrogens (tertiary/aromatic N) is 1. The molecule has 0 bridgehead atoms.